The second-order valence-corrected chi connectivity index (χ2v) is 4.41. The van der Waals surface area contributed by atoms with Crippen molar-refractivity contribution in [2.45, 2.75) is 37.8 Å². The van der Waals surface area contributed by atoms with Gasteiger partial charge in [-0.25, -0.2) is 4.79 Å². The molecule has 5 heteroatoms. The first kappa shape index (κ1) is 11.9. The molecule has 2 rings (SSSR count). The molecular weight excluding hydrogens is 222 g/mol. The van der Waals surface area contributed by atoms with Crippen LogP contribution < -0.4 is 5.56 Å². The summed E-state index contributed by atoms with van der Waals surface area (Å²) in [4.78, 5) is 22.8. The lowest BCUT2D eigenvalue weighted by atomic mass is 9.92. The Bertz CT molecular complexity index is 480. The van der Waals surface area contributed by atoms with Gasteiger partial charge in [-0.3, -0.25) is 4.79 Å². The number of pyridine rings is 1. The molecule has 17 heavy (non-hydrogen) atoms. The summed E-state index contributed by atoms with van der Waals surface area (Å²) in [6.45, 7) is 0. The zero-order chi connectivity index (χ0) is 12.4. The van der Waals surface area contributed by atoms with Crippen molar-refractivity contribution in [3.05, 3.63) is 34.2 Å². The molecule has 1 aliphatic rings. The van der Waals surface area contributed by atoms with Crippen molar-refractivity contribution >= 4 is 5.97 Å². The van der Waals surface area contributed by atoms with E-state index >= 15 is 0 Å². The number of hydrogen-bond donors (Lipinski definition) is 2. The summed E-state index contributed by atoms with van der Waals surface area (Å²) in [6.07, 6.45) is 4.13. The van der Waals surface area contributed by atoms with E-state index in [4.69, 9.17) is 5.11 Å². The molecule has 2 atom stereocenters. The number of aromatic carboxylic acids is 1. The topological polar surface area (TPSA) is 79.5 Å². The van der Waals surface area contributed by atoms with Gasteiger partial charge in [-0.05, 0) is 37.8 Å². The van der Waals surface area contributed by atoms with Crippen LogP contribution in [0.4, 0.5) is 0 Å². The lowest BCUT2D eigenvalue weighted by molar-refractivity contribution is 0.0693. The minimum absolute atomic E-state index is 0.0921. The van der Waals surface area contributed by atoms with E-state index < -0.39 is 17.6 Å². The Balaban J connectivity index is 2.35. The Morgan fingerprint density at radius 3 is 2.82 bits per heavy atom. The molecule has 1 heterocycles. The molecule has 2 N–H and O–H groups in total. The number of rotatable bonds is 2. The van der Waals surface area contributed by atoms with Crippen LogP contribution in [0.5, 0.6) is 0 Å². The molecule has 0 saturated heterocycles. The highest BCUT2D eigenvalue weighted by atomic mass is 16.4. The van der Waals surface area contributed by atoms with Crippen LogP contribution in [-0.4, -0.2) is 26.9 Å². The maximum absolute atomic E-state index is 11.9. The van der Waals surface area contributed by atoms with E-state index in [1.54, 1.807) is 12.3 Å². The second-order valence-electron chi connectivity index (χ2n) is 4.41. The molecule has 0 bridgehead atoms. The largest absolute Gasteiger partial charge is 0.477 e. The monoisotopic (exact) mass is 237 g/mol. The van der Waals surface area contributed by atoms with Crippen molar-refractivity contribution in [1.82, 2.24) is 4.57 Å². The first-order valence-corrected chi connectivity index (χ1v) is 5.72. The van der Waals surface area contributed by atoms with Gasteiger partial charge < -0.3 is 14.8 Å². The van der Waals surface area contributed by atoms with Crippen molar-refractivity contribution in [2.24, 2.45) is 0 Å². The van der Waals surface area contributed by atoms with Crippen LogP contribution in [0, 0.1) is 0 Å². The number of aliphatic hydroxyl groups is 1. The molecule has 1 aliphatic carbocycles. The average molecular weight is 237 g/mol. The number of carboxylic acid groups (broad SMARTS) is 1. The Labute approximate surface area is 98.3 Å². The SMILES string of the molecule is O=C(O)c1cccn(C2CCC[C@@H](O)C2)c1=O. The fourth-order valence-corrected chi connectivity index (χ4v) is 2.35. The van der Waals surface area contributed by atoms with Gasteiger partial charge in [-0.1, -0.05) is 0 Å². The van der Waals surface area contributed by atoms with Gasteiger partial charge in [0.15, 0.2) is 0 Å². The van der Waals surface area contributed by atoms with E-state index in [-0.39, 0.29) is 11.6 Å². The zero-order valence-corrected chi connectivity index (χ0v) is 9.37. The van der Waals surface area contributed by atoms with Gasteiger partial charge in [-0.15, -0.1) is 0 Å². The maximum Gasteiger partial charge on any atom is 0.341 e. The molecule has 1 fully saturated rings. The van der Waals surface area contributed by atoms with E-state index in [0.29, 0.717) is 6.42 Å². The molecule has 1 saturated carbocycles. The molecule has 0 spiro atoms. The fourth-order valence-electron chi connectivity index (χ4n) is 2.35. The second kappa shape index (κ2) is 4.71. The number of carboxylic acids is 1. The van der Waals surface area contributed by atoms with E-state index in [1.165, 1.54) is 10.6 Å². The molecule has 0 aromatic carbocycles. The number of aromatic nitrogens is 1. The lowest BCUT2D eigenvalue weighted by Gasteiger charge is -2.27. The molecule has 1 aromatic rings. The Morgan fingerprint density at radius 1 is 1.41 bits per heavy atom. The highest BCUT2D eigenvalue weighted by molar-refractivity contribution is 5.86. The van der Waals surface area contributed by atoms with Crippen molar-refractivity contribution in [3.8, 4) is 0 Å². The minimum atomic E-state index is -1.21. The molecule has 0 amide bonds. The highest BCUT2D eigenvalue weighted by Crippen LogP contribution is 2.27. The minimum Gasteiger partial charge on any atom is -0.477 e. The van der Waals surface area contributed by atoms with Gasteiger partial charge in [0.2, 0.25) is 0 Å². The van der Waals surface area contributed by atoms with E-state index in [9.17, 15) is 14.7 Å². The summed E-state index contributed by atoms with van der Waals surface area (Å²) in [7, 11) is 0. The van der Waals surface area contributed by atoms with Gasteiger partial charge >= 0.3 is 5.97 Å². The van der Waals surface area contributed by atoms with E-state index in [0.717, 1.165) is 19.3 Å². The van der Waals surface area contributed by atoms with E-state index in [1.807, 2.05) is 0 Å². The first-order valence-electron chi connectivity index (χ1n) is 5.72. The highest BCUT2D eigenvalue weighted by Gasteiger charge is 2.23. The van der Waals surface area contributed by atoms with Crippen LogP contribution in [0.3, 0.4) is 0 Å². The van der Waals surface area contributed by atoms with Gasteiger partial charge in [0.1, 0.15) is 5.56 Å². The number of carbonyl (C=O) groups is 1. The van der Waals surface area contributed by atoms with Crippen LogP contribution in [0.15, 0.2) is 23.1 Å². The molecule has 5 nitrogen and oxygen atoms in total. The summed E-state index contributed by atoms with van der Waals surface area (Å²) in [5, 5.41) is 18.5. The van der Waals surface area contributed by atoms with Crippen LogP contribution in [0.1, 0.15) is 42.1 Å². The Morgan fingerprint density at radius 2 is 2.18 bits per heavy atom. The maximum atomic E-state index is 11.9. The predicted molar refractivity (Wildman–Crippen MR) is 61.2 cm³/mol. The third-order valence-electron chi connectivity index (χ3n) is 3.22. The summed E-state index contributed by atoms with van der Waals surface area (Å²) in [5.41, 5.74) is -0.702. The fraction of sp³-hybridized carbons (Fsp3) is 0.500. The molecular formula is C12H15NO4. The first-order chi connectivity index (χ1) is 8.09. The number of aliphatic hydroxyl groups excluding tert-OH is 1. The summed E-state index contributed by atoms with van der Waals surface area (Å²) in [5.74, 6) is -1.21. The van der Waals surface area contributed by atoms with Crippen molar-refractivity contribution in [3.63, 3.8) is 0 Å². The van der Waals surface area contributed by atoms with Crippen LogP contribution in [-0.2, 0) is 0 Å². The smallest absolute Gasteiger partial charge is 0.341 e. The normalized spacial score (nSPS) is 24.5. The Kier molecular flexibility index (Phi) is 3.28. The van der Waals surface area contributed by atoms with Gasteiger partial charge in [0.25, 0.3) is 5.56 Å². The van der Waals surface area contributed by atoms with Crippen LogP contribution in [0.2, 0.25) is 0 Å². The summed E-state index contributed by atoms with van der Waals surface area (Å²) >= 11 is 0. The van der Waals surface area contributed by atoms with Gasteiger partial charge in [0.05, 0.1) is 6.10 Å². The van der Waals surface area contributed by atoms with Crippen molar-refractivity contribution in [2.75, 3.05) is 0 Å². The molecule has 1 unspecified atom stereocenters. The third kappa shape index (κ3) is 2.39. The number of nitrogens with zero attached hydrogens (tertiary/aromatic N) is 1. The predicted octanol–water partition coefficient (Wildman–Crippen LogP) is 1.02. The van der Waals surface area contributed by atoms with Crippen molar-refractivity contribution < 1.29 is 15.0 Å². The molecule has 92 valence electrons. The molecule has 0 radical (unpaired) electrons. The standard InChI is InChI=1S/C12H15NO4/c14-9-4-1-3-8(7-9)13-6-2-5-10(11(13)15)12(16)17/h2,5-6,8-9,14H,1,3-4,7H2,(H,16,17)/t8?,9-/m1/s1. The summed E-state index contributed by atoms with van der Waals surface area (Å²) in [6, 6.07) is 2.78. The number of hydrogen-bond acceptors (Lipinski definition) is 3. The lowest BCUT2D eigenvalue weighted by Crippen LogP contribution is -2.32. The van der Waals surface area contributed by atoms with Gasteiger partial charge in [0, 0.05) is 12.2 Å². The Hall–Kier alpha value is -1.62. The quantitative estimate of drug-likeness (QED) is 0.804. The summed E-state index contributed by atoms with van der Waals surface area (Å²) < 4.78 is 1.44. The van der Waals surface area contributed by atoms with Crippen LogP contribution >= 0.6 is 0 Å². The van der Waals surface area contributed by atoms with Gasteiger partial charge in [-0.2, -0.15) is 0 Å². The van der Waals surface area contributed by atoms with E-state index in [2.05, 4.69) is 0 Å². The van der Waals surface area contributed by atoms with Crippen LogP contribution in [0.25, 0.3) is 0 Å². The molecule has 1 aromatic heterocycles. The average Bonchev–Trinajstić information content (AvgIpc) is 2.29. The molecule has 0 aliphatic heterocycles. The third-order valence-corrected chi connectivity index (χ3v) is 3.22. The zero-order valence-electron chi connectivity index (χ0n) is 9.37. The van der Waals surface area contributed by atoms with Crippen molar-refractivity contribution in [1.29, 1.82) is 0 Å².